The van der Waals surface area contributed by atoms with E-state index < -0.39 is 0 Å². The van der Waals surface area contributed by atoms with Crippen molar-refractivity contribution in [3.05, 3.63) is 11.6 Å². The van der Waals surface area contributed by atoms with Gasteiger partial charge in [0.15, 0.2) is 0 Å². The second kappa shape index (κ2) is 9.81. The maximum Gasteiger partial charge on any atom is 0.407 e. The summed E-state index contributed by atoms with van der Waals surface area (Å²) in [4.78, 5) is 12.0. The molecule has 4 aliphatic carbocycles. The van der Waals surface area contributed by atoms with Gasteiger partial charge in [-0.2, -0.15) is 0 Å². The first-order valence-electron chi connectivity index (χ1n) is 14.7. The molecule has 3 fully saturated rings. The first-order valence-corrected chi connectivity index (χ1v) is 14.7. The van der Waals surface area contributed by atoms with Crippen LogP contribution in [0.25, 0.3) is 0 Å². The lowest BCUT2D eigenvalue weighted by molar-refractivity contribution is -0.114. The molecule has 3 heteroatoms. The zero-order valence-electron chi connectivity index (χ0n) is 23.3. The number of allylic oxidation sites excluding steroid dienone is 1. The van der Waals surface area contributed by atoms with E-state index in [9.17, 15) is 4.79 Å². The minimum absolute atomic E-state index is 0.0478. The van der Waals surface area contributed by atoms with Crippen molar-refractivity contribution in [2.24, 2.45) is 45.8 Å². The summed E-state index contributed by atoms with van der Waals surface area (Å²) in [5.74, 6) is 4.23. The molecule has 0 spiro atoms. The molecular formula is C31H53NO2. The summed E-state index contributed by atoms with van der Waals surface area (Å²) in [6, 6.07) is 0. The molecule has 8 atom stereocenters. The fourth-order valence-corrected chi connectivity index (χ4v) is 9.75. The molecule has 0 aliphatic heterocycles. The van der Waals surface area contributed by atoms with Crippen LogP contribution >= 0.6 is 0 Å². The molecule has 0 heterocycles. The van der Waals surface area contributed by atoms with Crippen LogP contribution in [0.3, 0.4) is 0 Å². The van der Waals surface area contributed by atoms with Crippen LogP contribution < -0.4 is 5.32 Å². The molecule has 0 aromatic rings. The normalized spacial score (nSPS) is 42.3. The zero-order valence-corrected chi connectivity index (χ0v) is 23.3. The predicted octanol–water partition coefficient (Wildman–Crippen LogP) is 8.53. The van der Waals surface area contributed by atoms with Gasteiger partial charge in [-0.05, 0) is 97.7 Å². The average molecular weight is 472 g/mol. The van der Waals surface area contributed by atoms with Gasteiger partial charge in [0.2, 0.25) is 0 Å². The van der Waals surface area contributed by atoms with Gasteiger partial charge in [-0.15, -0.1) is 0 Å². The number of hydrogen-bond donors (Lipinski definition) is 1. The van der Waals surface area contributed by atoms with E-state index in [2.05, 4.69) is 52.9 Å². The van der Waals surface area contributed by atoms with Crippen molar-refractivity contribution in [1.82, 2.24) is 5.32 Å². The summed E-state index contributed by atoms with van der Waals surface area (Å²) in [7, 11) is 0. The van der Waals surface area contributed by atoms with Crippen molar-refractivity contribution in [2.75, 3.05) is 6.54 Å². The molecule has 3 saturated carbocycles. The fourth-order valence-electron chi connectivity index (χ4n) is 9.75. The highest BCUT2D eigenvalue weighted by Gasteiger charge is 2.64. The van der Waals surface area contributed by atoms with E-state index in [-0.39, 0.29) is 17.6 Å². The van der Waals surface area contributed by atoms with Crippen molar-refractivity contribution in [3.8, 4) is 0 Å². The van der Waals surface area contributed by atoms with Gasteiger partial charge in [-0.3, -0.25) is 0 Å². The van der Waals surface area contributed by atoms with E-state index in [1.165, 1.54) is 57.8 Å². The van der Waals surface area contributed by atoms with Crippen molar-refractivity contribution in [2.45, 2.75) is 125 Å². The molecule has 0 bridgehead atoms. The van der Waals surface area contributed by atoms with Crippen LogP contribution in [0.5, 0.6) is 0 Å². The van der Waals surface area contributed by atoms with Gasteiger partial charge in [0.25, 0.3) is 0 Å². The minimum Gasteiger partial charge on any atom is -0.446 e. The largest absolute Gasteiger partial charge is 0.446 e. The molecule has 1 N–H and O–H groups in total. The Balaban J connectivity index is 1.49. The average Bonchev–Trinajstić information content (AvgIpc) is 3.12. The topological polar surface area (TPSA) is 38.3 Å². The van der Waals surface area contributed by atoms with E-state index >= 15 is 0 Å². The number of hydrogen-bond acceptors (Lipinski definition) is 2. The first-order chi connectivity index (χ1) is 16.0. The van der Waals surface area contributed by atoms with Crippen molar-refractivity contribution in [1.29, 1.82) is 0 Å². The van der Waals surface area contributed by atoms with Crippen molar-refractivity contribution < 1.29 is 9.53 Å². The van der Waals surface area contributed by atoms with Crippen LogP contribution in [0.4, 0.5) is 4.79 Å². The Labute approximate surface area is 210 Å². The Hall–Kier alpha value is -0.990. The minimum atomic E-state index is -0.245. The van der Waals surface area contributed by atoms with Crippen LogP contribution in [0.2, 0.25) is 0 Å². The van der Waals surface area contributed by atoms with Gasteiger partial charge in [0.05, 0.1) is 0 Å². The van der Waals surface area contributed by atoms with Gasteiger partial charge in [0.1, 0.15) is 6.10 Å². The lowest BCUT2D eigenvalue weighted by Gasteiger charge is -2.63. The maximum atomic E-state index is 12.0. The predicted molar refractivity (Wildman–Crippen MR) is 142 cm³/mol. The third-order valence-electron chi connectivity index (χ3n) is 11.4. The summed E-state index contributed by atoms with van der Waals surface area (Å²) < 4.78 is 5.77. The molecule has 194 valence electrons. The molecular weight excluding hydrogens is 418 g/mol. The number of fused-ring (bicyclic) bond motifs is 5. The second-order valence-corrected chi connectivity index (χ2v) is 13.8. The molecule has 1 amide bonds. The number of alkyl carbamates (subject to hydrolysis) is 1. The quantitative estimate of drug-likeness (QED) is 0.378. The van der Waals surface area contributed by atoms with E-state index in [1.807, 2.05) is 6.92 Å². The van der Waals surface area contributed by atoms with Crippen LogP contribution in [-0.2, 0) is 4.74 Å². The Kier molecular flexibility index (Phi) is 7.53. The number of ether oxygens (including phenoxy) is 1. The third-order valence-corrected chi connectivity index (χ3v) is 11.4. The van der Waals surface area contributed by atoms with Crippen LogP contribution in [0, 0.1) is 45.8 Å². The smallest absolute Gasteiger partial charge is 0.407 e. The van der Waals surface area contributed by atoms with Gasteiger partial charge < -0.3 is 10.1 Å². The summed E-state index contributed by atoms with van der Waals surface area (Å²) in [6.45, 7) is 17.8. The van der Waals surface area contributed by atoms with E-state index in [4.69, 9.17) is 4.74 Å². The molecule has 0 saturated heterocycles. The van der Waals surface area contributed by atoms with Gasteiger partial charge in [-0.25, -0.2) is 4.79 Å². The molecule has 0 aromatic carbocycles. The highest BCUT2D eigenvalue weighted by atomic mass is 16.6. The van der Waals surface area contributed by atoms with E-state index in [1.54, 1.807) is 5.57 Å². The first kappa shape index (κ1) is 26.1. The molecule has 0 radical (unpaired) electrons. The van der Waals surface area contributed by atoms with Crippen molar-refractivity contribution >= 4 is 6.09 Å². The standard InChI is InChI=1S/C31H53NO2/c1-8-32-28(33)34-24-15-18-29(5)23(20-24)14-17-31(7)26-13-12-25(22(4)11-9-10-21(2)3)30(26,6)19-16-27(29)31/h14,21-22,24-27H,8-13,15-20H2,1-7H3,(H,32,33)/t22-,24+,25-,26-,27-,29+,30-,31+/m1/s1. The van der Waals surface area contributed by atoms with Gasteiger partial charge in [0, 0.05) is 13.0 Å². The molecule has 3 nitrogen and oxygen atoms in total. The molecule has 4 aliphatic rings. The summed E-state index contributed by atoms with van der Waals surface area (Å²) >= 11 is 0. The number of rotatable bonds is 7. The van der Waals surface area contributed by atoms with Crippen LogP contribution in [0.15, 0.2) is 11.6 Å². The Bertz CT molecular complexity index is 773. The Morgan fingerprint density at radius 3 is 2.50 bits per heavy atom. The lowest BCUT2D eigenvalue weighted by atomic mass is 9.41. The number of carbonyl (C=O) groups excluding carboxylic acids is 1. The van der Waals surface area contributed by atoms with Crippen molar-refractivity contribution in [3.63, 3.8) is 0 Å². The van der Waals surface area contributed by atoms with Gasteiger partial charge >= 0.3 is 6.09 Å². The monoisotopic (exact) mass is 471 g/mol. The molecule has 34 heavy (non-hydrogen) atoms. The van der Waals surface area contributed by atoms with Crippen LogP contribution in [-0.4, -0.2) is 18.7 Å². The Morgan fingerprint density at radius 2 is 1.79 bits per heavy atom. The number of amides is 1. The fraction of sp³-hybridized carbons (Fsp3) is 0.903. The summed E-state index contributed by atoms with van der Waals surface area (Å²) in [5.41, 5.74) is 2.82. The summed E-state index contributed by atoms with van der Waals surface area (Å²) in [5, 5.41) is 2.81. The highest BCUT2D eigenvalue weighted by molar-refractivity contribution is 5.67. The maximum absolute atomic E-state index is 12.0. The zero-order chi connectivity index (χ0) is 24.7. The SMILES string of the molecule is CCNC(=O)O[C@H]1CC[C@@]2(C)C(=CC[C@@]3(C)[C@@H]4CC[C@H]([C@H](C)CCCC(C)C)[C@@]4(C)CC[C@@H]32)C1. The second-order valence-electron chi connectivity index (χ2n) is 13.8. The van der Waals surface area contributed by atoms with E-state index in [0.717, 1.165) is 42.4 Å². The lowest BCUT2D eigenvalue weighted by Crippen LogP contribution is -2.56. The van der Waals surface area contributed by atoms with Gasteiger partial charge in [-0.1, -0.05) is 72.5 Å². The number of nitrogens with one attached hydrogen (secondary N) is 1. The molecule has 0 aromatic heterocycles. The third kappa shape index (κ3) is 4.47. The highest BCUT2D eigenvalue weighted by Crippen LogP contribution is 2.72. The molecule has 4 rings (SSSR count). The van der Waals surface area contributed by atoms with Crippen LogP contribution in [0.1, 0.15) is 119 Å². The number of carbonyl (C=O) groups is 1. The Morgan fingerprint density at radius 1 is 1.03 bits per heavy atom. The summed E-state index contributed by atoms with van der Waals surface area (Å²) in [6.07, 6.45) is 16.6. The van der Waals surface area contributed by atoms with E-state index in [0.29, 0.717) is 17.4 Å². The molecule has 0 unspecified atom stereocenters.